The molecule has 142 valence electrons. The SMILES string of the molecule is COc1ccc(S(=O)(=O)NCCc2cc3cc(C)ccc3[nH]c2=O)c(C)c1. The van der Waals surface area contributed by atoms with Crippen molar-refractivity contribution >= 4 is 20.9 Å². The molecule has 0 aliphatic heterocycles. The van der Waals surface area contributed by atoms with E-state index in [-0.39, 0.29) is 17.0 Å². The molecule has 1 heterocycles. The van der Waals surface area contributed by atoms with Crippen LogP contribution in [0.25, 0.3) is 10.9 Å². The molecule has 1 aromatic heterocycles. The monoisotopic (exact) mass is 386 g/mol. The lowest BCUT2D eigenvalue weighted by molar-refractivity contribution is 0.414. The van der Waals surface area contributed by atoms with Crippen LogP contribution in [0.2, 0.25) is 0 Å². The van der Waals surface area contributed by atoms with Crippen LogP contribution in [0.3, 0.4) is 0 Å². The molecular formula is C20H22N2O4S. The van der Waals surface area contributed by atoms with Gasteiger partial charge >= 0.3 is 0 Å². The molecule has 3 aromatic rings. The zero-order valence-electron chi connectivity index (χ0n) is 15.5. The number of aromatic nitrogens is 1. The van der Waals surface area contributed by atoms with Crippen molar-refractivity contribution in [1.82, 2.24) is 9.71 Å². The van der Waals surface area contributed by atoms with Gasteiger partial charge in [0.15, 0.2) is 0 Å². The van der Waals surface area contributed by atoms with Crippen molar-refractivity contribution in [3.05, 3.63) is 69.5 Å². The second-order valence-corrected chi connectivity index (χ2v) is 8.23. The number of H-pyrrole nitrogens is 1. The fourth-order valence-electron chi connectivity index (χ4n) is 3.01. The van der Waals surface area contributed by atoms with Crippen molar-refractivity contribution in [1.29, 1.82) is 0 Å². The second-order valence-electron chi connectivity index (χ2n) is 6.49. The number of aryl methyl sites for hydroxylation is 2. The highest BCUT2D eigenvalue weighted by Crippen LogP contribution is 2.20. The molecule has 2 N–H and O–H groups in total. The van der Waals surface area contributed by atoms with E-state index in [1.807, 2.05) is 31.2 Å². The lowest BCUT2D eigenvalue weighted by atomic mass is 10.1. The lowest BCUT2D eigenvalue weighted by Gasteiger charge is -2.11. The van der Waals surface area contributed by atoms with Crippen LogP contribution < -0.4 is 15.0 Å². The average Bonchev–Trinajstić information content (AvgIpc) is 2.62. The Bertz CT molecular complexity index is 1150. The van der Waals surface area contributed by atoms with Crippen molar-refractivity contribution in [3.63, 3.8) is 0 Å². The minimum Gasteiger partial charge on any atom is -0.497 e. The van der Waals surface area contributed by atoms with Crippen LogP contribution in [0.1, 0.15) is 16.7 Å². The zero-order chi connectivity index (χ0) is 19.6. The van der Waals surface area contributed by atoms with E-state index in [0.717, 1.165) is 16.5 Å². The van der Waals surface area contributed by atoms with E-state index in [1.54, 1.807) is 19.1 Å². The third-order valence-electron chi connectivity index (χ3n) is 4.43. The quantitative estimate of drug-likeness (QED) is 0.682. The Kier molecular flexibility index (Phi) is 5.34. The molecule has 0 atom stereocenters. The number of nitrogens with one attached hydrogen (secondary N) is 2. The Morgan fingerprint density at radius 3 is 2.56 bits per heavy atom. The molecule has 0 spiro atoms. The molecule has 0 saturated carbocycles. The molecule has 0 fully saturated rings. The Morgan fingerprint density at radius 1 is 1.07 bits per heavy atom. The normalized spacial score (nSPS) is 11.7. The van der Waals surface area contributed by atoms with Gasteiger partial charge < -0.3 is 9.72 Å². The van der Waals surface area contributed by atoms with E-state index >= 15 is 0 Å². The summed E-state index contributed by atoms with van der Waals surface area (Å²) in [5, 5.41) is 0.929. The number of rotatable bonds is 6. The molecule has 6 nitrogen and oxygen atoms in total. The van der Waals surface area contributed by atoms with Gasteiger partial charge in [-0.15, -0.1) is 0 Å². The van der Waals surface area contributed by atoms with E-state index < -0.39 is 10.0 Å². The largest absolute Gasteiger partial charge is 0.497 e. The van der Waals surface area contributed by atoms with Crippen LogP contribution in [0.4, 0.5) is 0 Å². The van der Waals surface area contributed by atoms with Crippen LogP contribution in [-0.2, 0) is 16.4 Å². The van der Waals surface area contributed by atoms with E-state index in [9.17, 15) is 13.2 Å². The lowest BCUT2D eigenvalue weighted by Crippen LogP contribution is -2.28. The number of aromatic amines is 1. The summed E-state index contributed by atoms with van der Waals surface area (Å²) in [6.45, 7) is 3.83. The first kappa shape index (κ1) is 19.1. The minimum atomic E-state index is -3.67. The molecule has 0 aliphatic rings. The predicted molar refractivity (Wildman–Crippen MR) is 106 cm³/mol. The number of pyridine rings is 1. The zero-order valence-corrected chi connectivity index (χ0v) is 16.3. The van der Waals surface area contributed by atoms with Gasteiger partial charge in [-0.3, -0.25) is 4.79 Å². The summed E-state index contributed by atoms with van der Waals surface area (Å²) in [4.78, 5) is 15.3. The van der Waals surface area contributed by atoms with E-state index in [0.29, 0.717) is 23.3 Å². The summed E-state index contributed by atoms with van der Waals surface area (Å²) in [6, 6.07) is 12.4. The van der Waals surface area contributed by atoms with Crippen LogP contribution >= 0.6 is 0 Å². The molecule has 0 unspecified atom stereocenters. The second kappa shape index (κ2) is 7.54. The number of hydrogen-bond donors (Lipinski definition) is 2. The van der Waals surface area contributed by atoms with E-state index in [2.05, 4.69) is 9.71 Å². The number of benzene rings is 2. The smallest absolute Gasteiger partial charge is 0.251 e. The number of ether oxygens (including phenoxy) is 1. The molecule has 0 saturated heterocycles. The van der Waals surface area contributed by atoms with Crippen LogP contribution in [0.5, 0.6) is 5.75 Å². The van der Waals surface area contributed by atoms with Gasteiger partial charge in [-0.05, 0) is 67.6 Å². The Labute approximate surface area is 158 Å². The Balaban J connectivity index is 1.76. The Morgan fingerprint density at radius 2 is 1.85 bits per heavy atom. The first-order chi connectivity index (χ1) is 12.8. The first-order valence-electron chi connectivity index (χ1n) is 8.57. The maximum atomic E-state index is 12.5. The summed E-state index contributed by atoms with van der Waals surface area (Å²) >= 11 is 0. The van der Waals surface area contributed by atoms with Crippen molar-refractivity contribution in [3.8, 4) is 5.75 Å². The number of hydrogen-bond acceptors (Lipinski definition) is 4. The number of sulfonamides is 1. The van der Waals surface area contributed by atoms with Crippen LogP contribution in [-0.4, -0.2) is 27.1 Å². The molecule has 2 aromatic carbocycles. The third kappa shape index (κ3) is 4.20. The van der Waals surface area contributed by atoms with Gasteiger partial charge in [0.05, 0.1) is 12.0 Å². The molecule has 0 bridgehead atoms. The predicted octanol–water partition coefficient (Wildman–Crippen LogP) is 2.67. The molecule has 0 aliphatic carbocycles. The van der Waals surface area contributed by atoms with Gasteiger partial charge in [-0.25, -0.2) is 13.1 Å². The van der Waals surface area contributed by atoms with Crippen LogP contribution in [0.15, 0.2) is 52.2 Å². The molecule has 0 radical (unpaired) electrons. The third-order valence-corrected chi connectivity index (χ3v) is 6.06. The van der Waals surface area contributed by atoms with Gasteiger partial charge in [0.25, 0.3) is 5.56 Å². The standard InChI is InChI=1S/C20H22N2O4S/c1-13-4-6-18-16(10-13)12-15(20(23)22-18)8-9-21-27(24,25)19-7-5-17(26-3)11-14(19)2/h4-7,10-12,21H,8-9H2,1-3H3,(H,22,23). The minimum absolute atomic E-state index is 0.133. The van der Waals surface area contributed by atoms with Gasteiger partial charge in [-0.2, -0.15) is 0 Å². The maximum Gasteiger partial charge on any atom is 0.251 e. The van der Waals surface area contributed by atoms with Crippen molar-refractivity contribution in [2.24, 2.45) is 0 Å². The number of methoxy groups -OCH3 is 1. The molecule has 3 rings (SSSR count). The summed E-state index contributed by atoms with van der Waals surface area (Å²) in [6.07, 6.45) is 0.299. The highest BCUT2D eigenvalue weighted by molar-refractivity contribution is 7.89. The summed E-state index contributed by atoms with van der Waals surface area (Å²) in [5.74, 6) is 0.601. The van der Waals surface area contributed by atoms with Gasteiger partial charge in [0.1, 0.15) is 5.75 Å². The summed E-state index contributed by atoms with van der Waals surface area (Å²) in [7, 11) is -2.13. The van der Waals surface area contributed by atoms with Crippen molar-refractivity contribution < 1.29 is 13.2 Å². The fourth-order valence-corrected chi connectivity index (χ4v) is 4.26. The van der Waals surface area contributed by atoms with Crippen molar-refractivity contribution in [2.45, 2.75) is 25.2 Å². The van der Waals surface area contributed by atoms with Crippen LogP contribution in [0, 0.1) is 13.8 Å². The van der Waals surface area contributed by atoms with Crippen molar-refractivity contribution in [2.75, 3.05) is 13.7 Å². The summed E-state index contributed by atoms with van der Waals surface area (Å²) < 4.78 is 32.8. The highest BCUT2D eigenvalue weighted by atomic mass is 32.2. The number of fused-ring (bicyclic) bond motifs is 1. The Hall–Kier alpha value is -2.64. The average molecular weight is 386 g/mol. The highest BCUT2D eigenvalue weighted by Gasteiger charge is 2.17. The topological polar surface area (TPSA) is 88.3 Å². The maximum absolute atomic E-state index is 12.5. The molecule has 27 heavy (non-hydrogen) atoms. The molecular weight excluding hydrogens is 364 g/mol. The summed E-state index contributed by atoms with van der Waals surface area (Å²) in [5.41, 5.74) is 2.80. The fraction of sp³-hybridized carbons (Fsp3) is 0.250. The van der Waals surface area contributed by atoms with Gasteiger partial charge in [0, 0.05) is 17.6 Å². The van der Waals surface area contributed by atoms with E-state index in [1.165, 1.54) is 13.2 Å². The first-order valence-corrected chi connectivity index (χ1v) is 10.1. The molecule has 0 amide bonds. The van der Waals surface area contributed by atoms with Gasteiger partial charge in [0.2, 0.25) is 10.0 Å². The molecule has 7 heteroatoms. The van der Waals surface area contributed by atoms with E-state index in [4.69, 9.17) is 4.74 Å². The van der Waals surface area contributed by atoms with Gasteiger partial charge in [-0.1, -0.05) is 11.6 Å².